The van der Waals surface area contributed by atoms with Crippen molar-refractivity contribution < 1.29 is 19.1 Å². The van der Waals surface area contributed by atoms with E-state index in [4.69, 9.17) is 9.47 Å². The predicted octanol–water partition coefficient (Wildman–Crippen LogP) is 3.29. The van der Waals surface area contributed by atoms with Crippen molar-refractivity contribution in [2.24, 2.45) is 0 Å². The lowest BCUT2D eigenvalue weighted by atomic mass is 10.1. The van der Waals surface area contributed by atoms with E-state index in [9.17, 15) is 9.59 Å². The number of nitrogens with zero attached hydrogens (tertiary/aromatic N) is 2. The van der Waals surface area contributed by atoms with Crippen LogP contribution in [-0.2, 0) is 6.54 Å². The minimum atomic E-state index is -0.354. The summed E-state index contributed by atoms with van der Waals surface area (Å²) in [4.78, 5) is 32.9. The van der Waals surface area contributed by atoms with Crippen molar-refractivity contribution >= 4 is 34.5 Å². The molecule has 2 amide bonds. The Hall–Kier alpha value is -3.82. The van der Waals surface area contributed by atoms with Crippen LogP contribution in [-0.4, -0.2) is 74.0 Å². The summed E-state index contributed by atoms with van der Waals surface area (Å²) < 4.78 is 11.5. The Morgan fingerprint density at radius 1 is 1.20 bits per heavy atom. The van der Waals surface area contributed by atoms with E-state index in [2.05, 4.69) is 38.5 Å². The van der Waals surface area contributed by atoms with Gasteiger partial charge in [-0.2, -0.15) is 0 Å². The van der Waals surface area contributed by atoms with Crippen molar-refractivity contribution in [2.45, 2.75) is 6.54 Å². The summed E-state index contributed by atoms with van der Waals surface area (Å²) in [5.74, 6) is 1.25. The van der Waals surface area contributed by atoms with E-state index in [1.54, 1.807) is 31.4 Å². The fourth-order valence-corrected chi connectivity index (χ4v) is 4.51. The molecule has 0 radical (unpaired) electrons. The van der Waals surface area contributed by atoms with Crippen LogP contribution in [0.1, 0.15) is 21.5 Å². The first-order valence-electron chi connectivity index (χ1n) is 11.6. The average molecular weight is 476 g/mol. The second-order valence-electron chi connectivity index (χ2n) is 8.89. The first-order valence-corrected chi connectivity index (χ1v) is 11.6. The van der Waals surface area contributed by atoms with E-state index in [1.807, 2.05) is 12.3 Å². The fourth-order valence-electron chi connectivity index (χ4n) is 4.51. The van der Waals surface area contributed by atoms with Gasteiger partial charge < -0.3 is 30.0 Å². The lowest BCUT2D eigenvalue weighted by molar-refractivity contribution is 0.101. The quantitative estimate of drug-likeness (QED) is 0.490. The number of rotatable bonds is 5. The van der Waals surface area contributed by atoms with Crippen LogP contribution in [0, 0.1) is 0 Å². The Morgan fingerprint density at radius 2 is 2.00 bits per heavy atom. The van der Waals surface area contributed by atoms with E-state index in [1.165, 1.54) is 7.05 Å². The number of piperazine rings is 1. The number of fused-ring (bicyclic) bond motifs is 2. The monoisotopic (exact) mass is 475 g/mol. The zero-order valence-electron chi connectivity index (χ0n) is 20.1. The molecule has 0 saturated carbocycles. The molecule has 0 bridgehead atoms. The van der Waals surface area contributed by atoms with Gasteiger partial charge in [0.2, 0.25) is 5.78 Å². The number of urea groups is 1. The minimum absolute atomic E-state index is 0.226. The fraction of sp³-hybridized carbons (Fsp3) is 0.308. The van der Waals surface area contributed by atoms with Crippen LogP contribution in [0.5, 0.6) is 11.5 Å². The number of ether oxygens (including phenoxy) is 2. The SMILES string of the molecule is CNC(=O)Nc1ccc2c(c1)C(=O)C(=Cc1c[nH]c3c(CN4CCN(C)CC4)cc(OC)cc13)O2. The van der Waals surface area contributed by atoms with Gasteiger partial charge in [-0.25, -0.2) is 4.79 Å². The average Bonchev–Trinajstić information content (AvgIpc) is 3.41. The number of likely N-dealkylation sites (N-methyl/N-ethyl adjacent to an activating group) is 1. The van der Waals surface area contributed by atoms with Crippen molar-refractivity contribution in [1.82, 2.24) is 20.1 Å². The third-order valence-electron chi connectivity index (χ3n) is 6.54. The number of allylic oxidation sites excluding steroid dienone is 1. The lowest BCUT2D eigenvalue weighted by Crippen LogP contribution is -2.43. The van der Waals surface area contributed by atoms with Crippen molar-refractivity contribution in [3.8, 4) is 11.5 Å². The highest BCUT2D eigenvalue weighted by Crippen LogP contribution is 2.36. The van der Waals surface area contributed by atoms with Gasteiger partial charge in [-0.1, -0.05) is 0 Å². The predicted molar refractivity (Wildman–Crippen MR) is 135 cm³/mol. The van der Waals surface area contributed by atoms with Crippen molar-refractivity contribution in [1.29, 1.82) is 0 Å². The van der Waals surface area contributed by atoms with E-state index < -0.39 is 0 Å². The molecule has 182 valence electrons. The number of Topliss-reactive ketones (excluding diaryl/α,β-unsaturated/α-hetero) is 1. The van der Waals surface area contributed by atoms with E-state index in [-0.39, 0.29) is 17.6 Å². The third-order valence-corrected chi connectivity index (χ3v) is 6.54. The Kier molecular flexibility index (Phi) is 6.19. The first-order chi connectivity index (χ1) is 16.9. The van der Waals surface area contributed by atoms with Gasteiger partial charge in [0.15, 0.2) is 5.76 Å². The Balaban J connectivity index is 1.44. The summed E-state index contributed by atoms with van der Waals surface area (Å²) >= 11 is 0. The molecule has 0 unspecified atom stereocenters. The molecule has 9 nitrogen and oxygen atoms in total. The van der Waals surface area contributed by atoms with Crippen LogP contribution in [0.15, 0.2) is 42.3 Å². The molecule has 2 aliphatic heterocycles. The number of carbonyl (C=O) groups is 2. The van der Waals surface area contributed by atoms with Gasteiger partial charge in [0.25, 0.3) is 0 Å². The zero-order valence-corrected chi connectivity index (χ0v) is 20.1. The molecule has 9 heteroatoms. The van der Waals surface area contributed by atoms with Gasteiger partial charge in [-0.15, -0.1) is 0 Å². The van der Waals surface area contributed by atoms with Crippen LogP contribution in [0.4, 0.5) is 10.5 Å². The molecule has 0 aliphatic carbocycles. The van der Waals surface area contributed by atoms with E-state index >= 15 is 0 Å². The zero-order chi connectivity index (χ0) is 24.5. The smallest absolute Gasteiger partial charge is 0.318 e. The number of H-pyrrole nitrogens is 1. The highest BCUT2D eigenvalue weighted by molar-refractivity contribution is 6.15. The van der Waals surface area contributed by atoms with Crippen LogP contribution < -0.4 is 20.1 Å². The molecule has 3 aromatic rings. The summed E-state index contributed by atoms with van der Waals surface area (Å²) in [6, 6.07) is 8.70. The number of amides is 2. The number of methoxy groups -OCH3 is 1. The summed E-state index contributed by atoms with van der Waals surface area (Å²) in [6.45, 7) is 4.96. The summed E-state index contributed by atoms with van der Waals surface area (Å²) in [5, 5.41) is 6.14. The highest BCUT2D eigenvalue weighted by atomic mass is 16.5. The Bertz CT molecular complexity index is 1320. The molecule has 5 rings (SSSR count). The number of hydrogen-bond donors (Lipinski definition) is 3. The maximum Gasteiger partial charge on any atom is 0.318 e. The van der Waals surface area contributed by atoms with Gasteiger partial charge in [-0.3, -0.25) is 9.69 Å². The van der Waals surface area contributed by atoms with Gasteiger partial charge in [0, 0.05) is 62.6 Å². The second kappa shape index (κ2) is 9.44. The van der Waals surface area contributed by atoms with Crippen LogP contribution in [0.25, 0.3) is 17.0 Å². The number of ketones is 1. The number of benzene rings is 2. The number of aromatic nitrogens is 1. The van der Waals surface area contributed by atoms with E-state index in [0.717, 1.165) is 60.5 Å². The Labute approximate surface area is 203 Å². The van der Waals surface area contributed by atoms with Crippen molar-refractivity contribution in [2.75, 3.05) is 52.7 Å². The molecule has 0 atom stereocenters. The molecule has 2 aliphatic rings. The maximum atomic E-state index is 13.1. The summed E-state index contributed by atoms with van der Waals surface area (Å²) in [5.41, 5.74) is 3.96. The maximum absolute atomic E-state index is 13.1. The topological polar surface area (TPSA) is 98.9 Å². The molecular weight excluding hydrogens is 446 g/mol. The molecule has 3 heterocycles. The van der Waals surface area contributed by atoms with Gasteiger partial charge in [0.1, 0.15) is 11.5 Å². The minimum Gasteiger partial charge on any atom is -0.497 e. The molecule has 3 N–H and O–H groups in total. The van der Waals surface area contributed by atoms with Gasteiger partial charge >= 0.3 is 6.03 Å². The summed E-state index contributed by atoms with van der Waals surface area (Å²) in [6.07, 6.45) is 3.65. The third kappa shape index (κ3) is 4.60. The number of nitrogens with one attached hydrogen (secondary N) is 3. The molecule has 1 saturated heterocycles. The first kappa shape index (κ1) is 22.9. The van der Waals surface area contributed by atoms with Crippen LogP contribution >= 0.6 is 0 Å². The largest absolute Gasteiger partial charge is 0.497 e. The van der Waals surface area contributed by atoms with Gasteiger partial charge in [0.05, 0.1) is 18.2 Å². The summed E-state index contributed by atoms with van der Waals surface area (Å²) in [7, 11) is 5.34. The number of carbonyl (C=O) groups excluding carboxylic acids is 2. The van der Waals surface area contributed by atoms with Crippen molar-refractivity contribution in [3.63, 3.8) is 0 Å². The number of aromatic amines is 1. The van der Waals surface area contributed by atoms with Crippen molar-refractivity contribution in [3.05, 3.63) is 59.0 Å². The highest BCUT2D eigenvalue weighted by Gasteiger charge is 2.28. The molecule has 1 fully saturated rings. The lowest BCUT2D eigenvalue weighted by Gasteiger charge is -2.32. The number of anilines is 1. The normalized spacial score (nSPS) is 17.5. The molecule has 35 heavy (non-hydrogen) atoms. The van der Waals surface area contributed by atoms with Gasteiger partial charge in [-0.05, 0) is 49.0 Å². The standard InChI is InChI=1S/C26H29N5O4/c1-27-26(33)29-18-4-5-22-21(12-18)25(32)23(35-22)11-16-14-28-24-17(10-19(34-3)13-20(16)24)15-31-8-6-30(2)7-9-31/h4-5,10-14,28H,6-9,15H2,1-3H3,(H2,27,29,33). The Morgan fingerprint density at radius 3 is 2.74 bits per heavy atom. The van der Waals surface area contributed by atoms with Crippen LogP contribution in [0.2, 0.25) is 0 Å². The van der Waals surface area contributed by atoms with E-state index in [0.29, 0.717) is 17.0 Å². The molecule has 0 spiro atoms. The van der Waals surface area contributed by atoms with Crippen LogP contribution in [0.3, 0.4) is 0 Å². The number of hydrogen-bond acceptors (Lipinski definition) is 6. The molecule has 2 aromatic carbocycles. The molecule has 1 aromatic heterocycles. The second-order valence-corrected chi connectivity index (χ2v) is 8.89. The molecular formula is C26H29N5O4.